The fraction of sp³-hybridized carbons (Fsp3) is 0.727. The molecule has 0 amide bonds. The second-order valence-electron chi connectivity index (χ2n) is 8.41. The molecule has 0 aliphatic carbocycles. The van der Waals surface area contributed by atoms with E-state index in [4.69, 9.17) is 0 Å². The molecule has 1 aliphatic heterocycles. The maximum absolute atomic E-state index is 4.66. The predicted octanol–water partition coefficient (Wildman–Crippen LogP) is 2.01. The van der Waals surface area contributed by atoms with Crippen LogP contribution < -0.4 is 15.5 Å². The minimum atomic E-state index is 0.575. The second-order valence-corrected chi connectivity index (χ2v) is 8.41. The summed E-state index contributed by atoms with van der Waals surface area (Å²) in [7, 11) is 4.00. The molecule has 0 saturated carbocycles. The van der Waals surface area contributed by atoms with Gasteiger partial charge in [0.15, 0.2) is 5.96 Å². The van der Waals surface area contributed by atoms with Crippen molar-refractivity contribution in [3.63, 3.8) is 0 Å². The Labute approximate surface area is 177 Å². The van der Waals surface area contributed by atoms with Gasteiger partial charge in [0.2, 0.25) is 0 Å². The zero-order chi connectivity index (χ0) is 21.2. The molecule has 29 heavy (non-hydrogen) atoms. The summed E-state index contributed by atoms with van der Waals surface area (Å²) in [6.45, 7) is 16.0. The zero-order valence-corrected chi connectivity index (χ0v) is 19.3. The lowest BCUT2D eigenvalue weighted by molar-refractivity contribution is 0.173. The number of nitrogens with zero attached hydrogens (tertiary/aromatic N) is 5. The molecule has 7 nitrogen and oxygen atoms in total. The van der Waals surface area contributed by atoms with Gasteiger partial charge in [0.05, 0.1) is 0 Å². The first kappa shape index (κ1) is 23.4. The SMILES string of the molecule is CN=C(NCCCN(C(C)C)C(C)C)NCc1cccnc1N1CCN(C)CC1. The van der Waals surface area contributed by atoms with E-state index in [-0.39, 0.29) is 0 Å². The molecule has 0 radical (unpaired) electrons. The molecule has 0 unspecified atom stereocenters. The number of nitrogens with one attached hydrogen (secondary N) is 2. The third-order valence-electron chi connectivity index (χ3n) is 5.55. The summed E-state index contributed by atoms with van der Waals surface area (Å²) in [5.41, 5.74) is 1.21. The molecular weight excluding hydrogens is 362 g/mol. The summed E-state index contributed by atoms with van der Waals surface area (Å²) in [6.07, 6.45) is 2.98. The van der Waals surface area contributed by atoms with Gasteiger partial charge < -0.3 is 20.4 Å². The molecule has 1 aromatic heterocycles. The first-order valence-electron chi connectivity index (χ1n) is 11.0. The monoisotopic (exact) mass is 403 g/mol. The Hall–Kier alpha value is -1.86. The van der Waals surface area contributed by atoms with Crippen molar-refractivity contribution in [1.82, 2.24) is 25.4 Å². The Kier molecular flexibility index (Phi) is 9.67. The van der Waals surface area contributed by atoms with Gasteiger partial charge in [0.25, 0.3) is 0 Å². The van der Waals surface area contributed by atoms with E-state index in [1.807, 2.05) is 19.3 Å². The fourth-order valence-corrected chi connectivity index (χ4v) is 3.85. The van der Waals surface area contributed by atoms with Crippen LogP contribution in [-0.2, 0) is 6.54 Å². The molecule has 2 rings (SSSR count). The van der Waals surface area contributed by atoms with Crippen molar-refractivity contribution in [1.29, 1.82) is 0 Å². The van der Waals surface area contributed by atoms with Crippen LogP contribution in [0.5, 0.6) is 0 Å². The zero-order valence-electron chi connectivity index (χ0n) is 19.3. The number of anilines is 1. The first-order chi connectivity index (χ1) is 13.9. The van der Waals surface area contributed by atoms with Gasteiger partial charge >= 0.3 is 0 Å². The van der Waals surface area contributed by atoms with Crippen LogP contribution in [0.1, 0.15) is 39.7 Å². The number of likely N-dealkylation sites (N-methyl/N-ethyl adjacent to an activating group) is 1. The first-order valence-corrected chi connectivity index (χ1v) is 11.0. The maximum atomic E-state index is 4.66. The van der Waals surface area contributed by atoms with Gasteiger partial charge in [-0.15, -0.1) is 0 Å². The van der Waals surface area contributed by atoms with Crippen molar-refractivity contribution in [3.8, 4) is 0 Å². The minimum Gasteiger partial charge on any atom is -0.356 e. The Morgan fingerprint density at radius 1 is 1.14 bits per heavy atom. The van der Waals surface area contributed by atoms with Crippen LogP contribution in [0, 0.1) is 0 Å². The standard InChI is InChI=1S/C22H41N7/c1-18(2)29(19(3)4)12-8-11-25-22(23-5)26-17-20-9-7-10-24-21(20)28-15-13-27(6)14-16-28/h7,9-10,18-19H,8,11-17H2,1-6H3,(H2,23,25,26). The quantitative estimate of drug-likeness (QED) is 0.374. The highest BCUT2D eigenvalue weighted by atomic mass is 15.3. The van der Waals surface area contributed by atoms with Gasteiger partial charge in [-0.2, -0.15) is 0 Å². The van der Waals surface area contributed by atoms with Crippen molar-refractivity contribution < 1.29 is 0 Å². The van der Waals surface area contributed by atoms with Crippen LogP contribution in [0.4, 0.5) is 5.82 Å². The van der Waals surface area contributed by atoms with Crippen molar-refractivity contribution in [2.75, 3.05) is 58.3 Å². The number of aromatic nitrogens is 1. The minimum absolute atomic E-state index is 0.575. The lowest BCUT2D eigenvalue weighted by Gasteiger charge is -2.34. The number of aliphatic imine (C=N–C) groups is 1. The number of hydrogen-bond donors (Lipinski definition) is 2. The number of guanidine groups is 1. The van der Waals surface area contributed by atoms with E-state index in [9.17, 15) is 0 Å². The molecule has 1 fully saturated rings. The van der Waals surface area contributed by atoms with E-state index < -0.39 is 0 Å². The van der Waals surface area contributed by atoms with Gasteiger partial charge in [0, 0.05) is 76.7 Å². The highest BCUT2D eigenvalue weighted by molar-refractivity contribution is 5.79. The highest BCUT2D eigenvalue weighted by Gasteiger charge is 2.18. The second kappa shape index (κ2) is 12.0. The summed E-state index contributed by atoms with van der Waals surface area (Å²) in [4.78, 5) is 16.3. The van der Waals surface area contributed by atoms with E-state index in [0.29, 0.717) is 12.1 Å². The van der Waals surface area contributed by atoms with E-state index in [1.54, 1.807) is 0 Å². The van der Waals surface area contributed by atoms with Gasteiger partial charge in [-0.3, -0.25) is 9.89 Å². The third kappa shape index (κ3) is 7.48. The third-order valence-corrected chi connectivity index (χ3v) is 5.55. The summed E-state index contributed by atoms with van der Waals surface area (Å²) in [5, 5.41) is 6.91. The van der Waals surface area contributed by atoms with Gasteiger partial charge in [-0.1, -0.05) is 6.07 Å². The van der Waals surface area contributed by atoms with Crippen molar-refractivity contribution >= 4 is 11.8 Å². The average molecular weight is 404 g/mol. The van der Waals surface area contributed by atoms with Gasteiger partial charge in [0.1, 0.15) is 5.82 Å². The van der Waals surface area contributed by atoms with Crippen LogP contribution in [-0.4, -0.2) is 86.2 Å². The predicted molar refractivity (Wildman–Crippen MR) is 124 cm³/mol. The Morgan fingerprint density at radius 3 is 2.45 bits per heavy atom. The van der Waals surface area contributed by atoms with Crippen LogP contribution in [0.15, 0.2) is 23.3 Å². The average Bonchev–Trinajstić information content (AvgIpc) is 2.70. The maximum Gasteiger partial charge on any atom is 0.191 e. The van der Waals surface area contributed by atoms with E-state index >= 15 is 0 Å². The summed E-state index contributed by atoms with van der Waals surface area (Å²) < 4.78 is 0. The molecule has 0 atom stereocenters. The Balaban J connectivity index is 1.82. The van der Waals surface area contributed by atoms with Gasteiger partial charge in [-0.25, -0.2) is 4.98 Å². The molecule has 1 aromatic rings. The molecule has 0 aromatic carbocycles. The van der Waals surface area contributed by atoms with Crippen molar-refractivity contribution in [2.45, 2.75) is 52.7 Å². The van der Waals surface area contributed by atoms with Gasteiger partial charge in [-0.05, 0) is 47.2 Å². The highest BCUT2D eigenvalue weighted by Crippen LogP contribution is 2.18. The molecule has 7 heteroatoms. The van der Waals surface area contributed by atoms with Crippen LogP contribution in [0.2, 0.25) is 0 Å². The molecule has 1 saturated heterocycles. The van der Waals surface area contributed by atoms with E-state index in [1.165, 1.54) is 5.56 Å². The van der Waals surface area contributed by atoms with Crippen molar-refractivity contribution in [2.24, 2.45) is 4.99 Å². The fourth-order valence-electron chi connectivity index (χ4n) is 3.85. The lowest BCUT2D eigenvalue weighted by atomic mass is 10.2. The number of pyridine rings is 1. The summed E-state index contributed by atoms with van der Waals surface area (Å²) in [5.74, 6) is 1.94. The topological polar surface area (TPSA) is 59.0 Å². The smallest absolute Gasteiger partial charge is 0.191 e. The molecule has 2 heterocycles. The number of hydrogen-bond acceptors (Lipinski definition) is 5. The van der Waals surface area contributed by atoms with E-state index in [2.05, 4.69) is 76.1 Å². The van der Waals surface area contributed by atoms with Crippen LogP contribution in [0.3, 0.4) is 0 Å². The molecule has 164 valence electrons. The molecule has 2 N–H and O–H groups in total. The Morgan fingerprint density at radius 2 is 1.83 bits per heavy atom. The molecular formula is C22H41N7. The van der Waals surface area contributed by atoms with E-state index in [0.717, 1.165) is 64.0 Å². The van der Waals surface area contributed by atoms with Crippen molar-refractivity contribution in [3.05, 3.63) is 23.9 Å². The lowest BCUT2D eigenvalue weighted by Crippen LogP contribution is -2.45. The van der Waals surface area contributed by atoms with Crippen LogP contribution in [0.25, 0.3) is 0 Å². The molecule has 0 spiro atoms. The summed E-state index contributed by atoms with van der Waals surface area (Å²) >= 11 is 0. The van der Waals surface area contributed by atoms with Crippen LogP contribution >= 0.6 is 0 Å². The number of piperazine rings is 1. The molecule has 0 bridgehead atoms. The molecule has 1 aliphatic rings. The largest absolute Gasteiger partial charge is 0.356 e. The number of rotatable bonds is 9. The Bertz CT molecular complexity index is 613. The normalized spacial score (nSPS) is 16.2. The summed E-state index contributed by atoms with van der Waals surface area (Å²) in [6, 6.07) is 5.32.